The summed E-state index contributed by atoms with van der Waals surface area (Å²) in [6.07, 6.45) is 3.97. The van der Waals surface area contributed by atoms with Gasteiger partial charge in [0.1, 0.15) is 0 Å². The van der Waals surface area contributed by atoms with Crippen LogP contribution in [0, 0.1) is 0 Å². The van der Waals surface area contributed by atoms with E-state index in [1.165, 1.54) is 24.2 Å². The molecule has 0 radical (unpaired) electrons. The Labute approximate surface area is 122 Å². The molecule has 1 aliphatic rings. The Morgan fingerprint density at radius 1 is 1.15 bits per heavy atom. The summed E-state index contributed by atoms with van der Waals surface area (Å²) in [5.74, 6) is 0. The van der Waals surface area contributed by atoms with Gasteiger partial charge in [0.15, 0.2) is 5.13 Å². The van der Waals surface area contributed by atoms with E-state index in [2.05, 4.69) is 14.6 Å². The largest absolute Gasteiger partial charge is 0.372 e. The lowest BCUT2D eigenvalue weighted by atomic mass is 10.3. The summed E-state index contributed by atoms with van der Waals surface area (Å²) in [6.45, 7) is 2.09. The van der Waals surface area contributed by atoms with Crippen molar-refractivity contribution in [1.82, 2.24) is 4.98 Å². The van der Waals surface area contributed by atoms with Crippen molar-refractivity contribution in [1.29, 1.82) is 0 Å². The Morgan fingerprint density at radius 3 is 2.45 bits per heavy atom. The van der Waals surface area contributed by atoms with Crippen LogP contribution in [0.3, 0.4) is 0 Å². The van der Waals surface area contributed by atoms with Gasteiger partial charge in [-0.15, -0.1) is 11.3 Å². The number of aromatic nitrogens is 1. The zero-order valence-electron chi connectivity index (χ0n) is 10.8. The van der Waals surface area contributed by atoms with Gasteiger partial charge in [-0.3, -0.25) is 4.72 Å². The van der Waals surface area contributed by atoms with Crippen LogP contribution in [0.5, 0.6) is 0 Å². The summed E-state index contributed by atoms with van der Waals surface area (Å²) < 4.78 is 26.8. The van der Waals surface area contributed by atoms with Gasteiger partial charge in [-0.05, 0) is 37.1 Å². The third kappa shape index (κ3) is 2.78. The zero-order chi connectivity index (χ0) is 14.0. The van der Waals surface area contributed by atoms with Crippen LogP contribution in [-0.4, -0.2) is 26.5 Å². The minimum atomic E-state index is -3.54. The van der Waals surface area contributed by atoms with Crippen molar-refractivity contribution >= 4 is 32.2 Å². The highest BCUT2D eigenvalue weighted by Crippen LogP contribution is 2.23. The third-order valence-corrected chi connectivity index (χ3v) is 5.44. The molecule has 2 heterocycles. The lowest BCUT2D eigenvalue weighted by molar-refractivity contribution is 0.601. The van der Waals surface area contributed by atoms with E-state index in [4.69, 9.17) is 0 Å². The maximum absolute atomic E-state index is 12.2. The molecule has 7 heteroatoms. The second-order valence-corrected chi connectivity index (χ2v) is 7.21. The molecule has 1 N–H and O–H groups in total. The van der Waals surface area contributed by atoms with Crippen LogP contribution in [0.1, 0.15) is 12.8 Å². The van der Waals surface area contributed by atoms with E-state index in [0.29, 0.717) is 5.13 Å². The van der Waals surface area contributed by atoms with Crippen molar-refractivity contribution in [2.45, 2.75) is 17.7 Å². The average molecular weight is 309 g/mol. The van der Waals surface area contributed by atoms with E-state index < -0.39 is 10.0 Å². The molecule has 0 bridgehead atoms. The average Bonchev–Trinajstić information content (AvgIpc) is 3.11. The summed E-state index contributed by atoms with van der Waals surface area (Å²) in [5.41, 5.74) is 1.08. The highest BCUT2D eigenvalue weighted by Gasteiger charge is 2.17. The van der Waals surface area contributed by atoms with Gasteiger partial charge in [0, 0.05) is 30.4 Å². The van der Waals surface area contributed by atoms with Gasteiger partial charge in [-0.2, -0.15) is 0 Å². The van der Waals surface area contributed by atoms with Crippen LogP contribution in [0.25, 0.3) is 0 Å². The Balaban J connectivity index is 1.79. The van der Waals surface area contributed by atoms with E-state index in [1.807, 2.05) is 12.1 Å². The first-order valence-electron chi connectivity index (χ1n) is 6.42. The number of sulfonamides is 1. The van der Waals surface area contributed by atoms with Gasteiger partial charge < -0.3 is 4.90 Å². The molecule has 20 heavy (non-hydrogen) atoms. The van der Waals surface area contributed by atoms with E-state index in [0.717, 1.165) is 18.8 Å². The number of thiazole rings is 1. The molecule has 2 aromatic rings. The maximum atomic E-state index is 12.2. The van der Waals surface area contributed by atoms with E-state index in [1.54, 1.807) is 23.7 Å². The second-order valence-electron chi connectivity index (χ2n) is 4.63. The van der Waals surface area contributed by atoms with Crippen molar-refractivity contribution in [2.24, 2.45) is 0 Å². The molecule has 0 saturated carbocycles. The molecule has 106 valence electrons. The first kappa shape index (κ1) is 13.4. The molecule has 5 nitrogen and oxygen atoms in total. The number of nitrogens with one attached hydrogen (secondary N) is 1. The van der Waals surface area contributed by atoms with Crippen molar-refractivity contribution in [2.75, 3.05) is 22.7 Å². The first-order chi connectivity index (χ1) is 9.65. The van der Waals surface area contributed by atoms with Crippen LogP contribution >= 0.6 is 11.3 Å². The fourth-order valence-electron chi connectivity index (χ4n) is 2.26. The molecule has 1 aromatic heterocycles. The lowest BCUT2D eigenvalue weighted by Gasteiger charge is -2.17. The minimum absolute atomic E-state index is 0.260. The standard InChI is InChI=1S/C13H15N3O2S2/c17-20(18,15-13-14-7-10-19-13)12-5-3-11(4-6-12)16-8-1-2-9-16/h3-7,10H,1-2,8-9H2,(H,14,15). The molecule has 0 unspecified atom stereocenters. The molecule has 0 aliphatic carbocycles. The summed E-state index contributed by atoms with van der Waals surface area (Å²) in [6, 6.07) is 7.01. The predicted molar refractivity (Wildman–Crippen MR) is 80.8 cm³/mol. The normalized spacial score (nSPS) is 15.5. The number of hydrogen-bond acceptors (Lipinski definition) is 5. The minimum Gasteiger partial charge on any atom is -0.372 e. The summed E-state index contributed by atoms with van der Waals surface area (Å²) in [5, 5.41) is 2.11. The number of rotatable bonds is 4. The van der Waals surface area contributed by atoms with Gasteiger partial charge in [-0.25, -0.2) is 13.4 Å². The van der Waals surface area contributed by atoms with Crippen molar-refractivity contribution in [3.63, 3.8) is 0 Å². The van der Waals surface area contributed by atoms with E-state index >= 15 is 0 Å². The maximum Gasteiger partial charge on any atom is 0.263 e. The highest BCUT2D eigenvalue weighted by molar-refractivity contribution is 7.93. The quantitative estimate of drug-likeness (QED) is 0.943. The number of nitrogens with zero attached hydrogens (tertiary/aromatic N) is 2. The molecule has 0 spiro atoms. The predicted octanol–water partition coefficient (Wildman–Crippen LogP) is 2.54. The van der Waals surface area contributed by atoms with Crippen LogP contribution in [0.15, 0.2) is 40.7 Å². The topological polar surface area (TPSA) is 62.3 Å². The molecule has 0 amide bonds. The molecule has 1 aliphatic heterocycles. The van der Waals surface area contributed by atoms with Crippen molar-refractivity contribution < 1.29 is 8.42 Å². The van der Waals surface area contributed by atoms with Crippen molar-refractivity contribution in [3.8, 4) is 0 Å². The Morgan fingerprint density at radius 2 is 1.85 bits per heavy atom. The zero-order valence-corrected chi connectivity index (χ0v) is 12.5. The van der Waals surface area contributed by atoms with Gasteiger partial charge in [0.25, 0.3) is 10.0 Å². The first-order valence-corrected chi connectivity index (χ1v) is 8.79. The SMILES string of the molecule is O=S(=O)(Nc1nccs1)c1ccc(N2CCCC2)cc1. The fraction of sp³-hybridized carbons (Fsp3) is 0.308. The molecular weight excluding hydrogens is 294 g/mol. The fourth-order valence-corrected chi connectivity index (χ4v) is 4.05. The van der Waals surface area contributed by atoms with Crippen molar-refractivity contribution in [3.05, 3.63) is 35.8 Å². The Bertz CT molecular complexity index is 660. The second kappa shape index (κ2) is 5.41. The van der Waals surface area contributed by atoms with Gasteiger partial charge in [-0.1, -0.05) is 0 Å². The number of anilines is 2. The monoisotopic (exact) mass is 309 g/mol. The van der Waals surface area contributed by atoms with Gasteiger partial charge >= 0.3 is 0 Å². The molecule has 0 atom stereocenters. The molecule has 1 aromatic carbocycles. The third-order valence-electron chi connectivity index (χ3n) is 3.27. The highest BCUT2D eigenvalue weighted by atomic mass is 32.2. The molecule has 1 saturated heterocycles. The van der Waals surface area contributed by atoms with E-state index in [9.17, 15) is 8.42 Å². The summed E-state index contributed by atoms with van der Waals surface area (Å²) in [4.78, 5) is 6.46. The van der Waals surface area contributed by atoms with E-state index in [-0.39, 0.29) is 4.90 Å². The Kier molecular flexibility index (Phi) is 3.62. The summed E-state index contributed by atoms with van der Waals surface area (Å²) in [7, 11) is -3.54. The lowest BCUT2D eigenvalue weighted by Crippen LogP contribution is -2.18. The van der Waals surface area contributed by atoms with Crippen LogP contribution < -0.4 is 9.62 Å². The van der Waals surface area contributed by atoms with Crippen LogP contribution in [0.2, 0.25) is 0 Å². The van der Waals surface area contributed by atoms with Gasteiger partial charge in [0.05, 0.1) is 4.90 Å². The number of benzene rings is 1. The molecule has 3 rings (SSSR count). The molecular formula is C13H15N3O2S2. The Hall–Kier alpha value is -1.60. The van der Waals surface area contributed by atoms with Crippen LogP contribution in [0.4, 0.5) is 10.8 Å². The smallest absolute Gasteiger partial charge is 0.263 e. The van der Waals surface area contributed by atoms with Gasteiger partial charge in [0.2, 0.25) is 0 Å². The summed E-state index contributed by atoms with van der Waals surface area (Å²) >= 11 is 1.26. The van der Waals surface area contributed by atoms with Crippen LogP contribution in [-0.2, 0) is 10.0 Å². The number of hydrogen-bond donors (Lipinski definition) is 1. The molecule has 1 fully saturated rings.